The zero-order valence-electron chi connectivity index (χ0n) is 5.60. The van der Waals surface area contributed by atoms with Gasteiger partial charge >= 0.3 is 0 Å². The average molecular weight is 177 g/mol. The molecule has 0 aliphatic rings. The molecular weight excluding hydrogens is 169 g/mol. The van der Waals surface area contributed by atoms with Crippen molar-refractivity contribution in [3.63, 3.8) is 0 Å². The maximum Gasteiger partial charge on any atom is 0.238 e. The largest absolute Gasteiger partial charge is 0.269 e. The highest BCUT2D eigenvalue weighted by atomic mass is 32.2. The molecule has 0 saturated carbocycles. The lowest BCUT2D eigenvalue weighted by atomic mass is 10.4. The van der Waals surface area contributed by atoms with Crippen LogP contribution in [-0.2, 0) is 10.0 Å². The molecule has 1 aromatic carbocycles. The molecular formula is C6H8FNO2S. The number of halogens is 1. The van der Waals surface area contributed by atoms with Gasteiger partial charge in [0.05, 0.1) is 4.90 Å². The summed E-state index contributed by atoms with van der Waals surface area (Å²) in [5.74, 6) is 0. The van der Waals surface area contributed by atoms with E-state index in [1.54, 1.807) is 18.2 Å². The number of hydrogen-bond donors (Lipinski definition) is 1. The predicted molar refractivity (Wildman–Crippen MR) is 40.3 cm³/mol. The fourth-order valence-corrected chi connectivity index (χ4v) is 1.15. The Kier molecular flexibility index (Phi) is 3.16. The third kappa shape index (κ3) is 2.65. The first kappa shape index (κ1) is 10.1. The Morgan fingerprint density at radius 2 is 1.55 bits per heavy atom. The Labute approximate surface area is 64.3 Å². The summed E-state index contributed by atoms with van der Waals surface area (Å²) < 4.78 is 21.2. The molecule has 62 valence electrons. The third-order valence-electron chi connectivity index (χ3n) is 1.07. The summed E-state index contributed by atoms with van der Waals surface area (Å²) in [6.45, 7) is 0. The van der Waals surface area contributed by atoms with Crippen molar-refractivity contribution >= 4 is 10.0 Å². The van der Waals surface area contributed by atoms with Gasteiger partial charge in [0.2, 0.25) is 10.0 Å². The Bertz CT molecular complexity index is 309. The van der Waals surface area contributed by atoms with E-state index in [4.69, 9.17) is 5.14 Å². The first-order valence-corrected chi connectivity index (χ1v) is 4.23. The van der Waals surface area contributed by atoms with Gasteiger partial charge in [0, 0.05) is 0 Å². The van der Waals surface area contributed by atoms with Gasteiger partial charge < -0.3 is 0 Å². The molecule has 0 unspecified atom stereocenters. The van der Waals surface area contributed by atoms with E-state index in [0.29, 0.717) is 0 Å². The SMILES string of the molecule is F.NS(=O)(=O)c1ccccc1. The minimum Gasteiger partial charge on any atom is -0.269 e. The Balaban J connectivity index is 0.000001000. The summed E-state index contributed by atoms with van der Waals surface area (Å²) in [6.07, 6.45) is 0. The van der Waals surface area contributed by atoms with Gasteiger partial charge in [0.25, 0.3) is 0 Å². The van der Waals surface area contributed by atoms with Crippen molar-refractivity contribution in [2.75, 3.05) is 0 Å². The Morgan fingerprint density at radius 1 is 1.09 bits per heavy atom. The molecule has 0 bridgehead atoms. The second-order valence-corrected chi connectivity index (χ2v) is 3.42. The number of rotatable bonds is 1. The smallest absolute Gasteiger partial charge is 0.238 e. The Hall–Kier alpha value is -0.940. The molecule has 1 aromatic rings. The van der Waals surface area contributed by atoms with Crippen LogP contribution < -0.4 is 5.14 Å². The lowest BCUT2D eigenvalue weighted by Gasteiger charge is -1.93. The van der Waals surface area contributed by atoms with Crippen molar-refractivity contribution in [2.45, 2.75) is 4.90 Å². The van der Waals surface area contributed by atoms with Crippen molar-refractivity contribution in [1.82, 2.24) is 0 Å². The average Bonchev–Trinajstić information content (AvgIpc) is 1.88. The van der Waals surface area contributed by atoms with Crippen LogP contribution in [0.3, 0.4) is 0 Å². The van der Waals surface area contributed by atoms with Gasteiger partial charge in [-0.25, -0.2) is 13.6 Å². The first-order chi connectivity index (χ1) is 4.61. The first-order valence-electron chi connectivity index (χ1n) is 2.68. The van der Waals surface area contributed by atoms with Crippen LogP contribution in [0.15, 0.2) is 35.2 Å². The number of hydrogen-bond acceptors (Lipinski definition) is 2. The van der Waals surface area contributed by atoms with Gasteiger partial charge in [-0.1, -0.05) is 18.2 Å². The van der Waals surface area contributed by atoms with Gasteiger partial charge in [-0.05, 0) is 12.1 Å². The van der Waals surface area contributed by atoms with Crippen LogP contribution in [0.4, 0.5) is 4.70 Å². The molecule has 0 aliphatic carbocycles. The number of benzene rings is 1. The van der Waals surface area contributed by atoms with Crippen LogP contribution in [-0.4, -0.2) is 8.42 Å². The molecule has 0 spiro atoms. The van der Waals surface area contributed by atoms with E-state index in [1.807, 2.05) is 0 Å². The molecule has 0 atom stereocenters. The van der Waals surface area contributed by atoms with Gasteiger partial charge in [0.1, 0.15) is 0 Å². The fourth-order valence-electron chi connectivity index (χ4n) is 0.610. The summed E-state index contributed by atoms with van der Waals surface area (Å²) in [5.41, 5.74) is 0. The highest BCUT2D eigenvalue weighted by Crippen LogP contribution is 2.02. The van der Waals surface area contributed by atoms with E-state index in [1.165, 1.54) is 12.1 Å². The molecule has 0 radical (unpaired) electrons. The van der Waals surface area contributed by atoms with Crippen molar-refractivity contribution in [3.8, 4) is 0 Å². The molecule has 5 heteroatoms. The van der Waals surface area contributed by atoms with E-state index in [9.17, 15) is 8.42 Å². The molecule has 0 fully saturated rings. The lowest BCUT2D eigenvalue weighted by Crippen LogP contribution is -2.11. The molecule has 0 aromatic heterocycles. The molecule has 3 nitrogen and oxygen atoms in total. The number of nitrogens with two attached hydrogens (primary N) is 1. The summed E-state index contributed by atoms with van der Waals surface area (Å²) >= 11 is 0. The summed E-state index contributed by atoms with van der Waals surface area (Å²) in [7, 11) is -3.50. The topological polar surface area (TPSA) is 60.2 Å². The van der Waals surface area contributed by atoms with E-state index in [0.717, 1.165) is 0 Å². The van der Waals surface area contributed by atoms with Gasteiger partial charge in [-0.2, -0.15) is 0 Å². The monoisotopic (exact) mass is 177 g/mol. The second kappa shape index (κ2) is 3.45. The zero-order chi connectivity index (χ0) is 7.61. The molecule has 0 saturated heterocycles. The van der Waals surface area contributed by atoms with Crippen molar-refractivity contribution in [3.05, 3.63) is 30.3 Å². The fraction of sp³-hybridized carbons (Fsp3) is 0. The van der Waals surface area contributed by atoms with Crippen LogP contribution in [0.5, 0.6) is 0 Å². The maximum absolute atomic E-state index is 10.6. The molecule has 1 rings (SSSR count). The zero-order valence-corrected chi connectivity index (χ0v) is 6.41. The van der Waals surface area contributed by atoms with Crippen LogP contribution in [0, 0.1) is 0 Å². The summed E-state index contributed by atoms with van der Waals surface area (Å²) in [6, 6.07) is 7.89. The Morgan fingerprint density at radius 3 is 1.82 bits per heavy atom. The maximum atomic E-state index is 10.6. The van der Waals surface area contributed by atoms with E-state index in [-0.39, 0.29) is 9.60 Å². The molecule has 2 N–H and O–H groups in total. The normalized spacial score (nSPS) is 10.3. The van der Waals surface area contributed by atoms with Crippen LogP contribution in [0.2, 0.25) is 0 Å². The second-order valence-electron chi connectivity index (χ2n) is 1.86. The van der Waals surface area contributed by atoms with Crippen LogP contribution in [0.25, 0.3) is 0 Å². The quantitative estimate of drug-likeness (QED) is 0.678. The minimum atomic E-state index is -3.50. The van der Waals surface area contributed by atoms with Crippen molar-refractivity contribution < 1.29 is 13.1 Å². The summed E-state index contributed by atoms with van der Waals surface area (Å²) in [5, 5.41) is 4.83. The third-order valence-corrected chi connectivity index (χ3v) is 2.00. The molecule has 11 heavy (non-hydrogen) atoms. The molecule has 0 amide bonds. The van der Waals surface area contributed by atoms with E-state index in [2.05, 4.69) is 0 Å². The van der Waals surface area contributed by atoms with E-state index >= 15 is 0 Å². The highest BCUT2D eigenvalue weighted by molar-refractivity contribution is 7.89. The standard InChI is InChI=1S/C6H7NO2S.FH/c7-10(8,9)6-4-2-1-3-5-6;/h1-5H,(H2,7,8,9);1H. The number of primary sulfonamides is 1. The lowest BCUT2D eigenvalue weighted by molar-refractivity contribution is 0.598. The highest BCUT2D eigenvalue weighted by Gasteiger charge is 2.03. The number of sulfonamides is 1. The van der Waals surface area contributed by atoms with Crippen LogP contribution in [0.1, 0.15) is 0 Å². The van der Waals surface area contributed by atoms with Gasteiger partial charge in [-0.15, -0.1) is 0 Å². The minimum absolute atomic E-state index is 0. The molecule has 0 heterocycles. The van der Waals surface area contributed by atoms with Crippen LogP contribution >= 0.6 is 0 Å². The molecule has 0 aliphatic heterocycles. The summed E-state index contributed by atoms with van der Waals surface area (Å²) in [4.78, 5) is 0.148. The van der Waals surface area contributed by atoms with Crippen molar-refractivity contribution in [1.29, 1.82) is 0 Å². The van der Waals surface area contributed by atoms with E-state index < -0.39 is 10.0 Å². The van der Waals surface area contributed by atoms with Gasteiger partial charge in [0.15, 0.2) is 0 Å². The predicted octanol–water partition coefficient (Wildman–Crippen LogP) is 0.487. The van der Waals surface area contributed by atoms with Crippen molar-refractivity contribution in [2.24, 2.45) is 5.14 Å². The van der Waals surface area contributed by atoms with Gasteiger partial charge in [-0.3, -0.25) is 4.70 Å².